The van der Waals surface area contributed by atoms with Crippen molar-refractivity contribution < 1.29 is 9.18 Å². The van der Waals surface area contributed by atoms with Crippen LogP contribution in [-0.4, -0.2) is 38.0 Å². The molecule has 0 radical (unpaired) electrons. The zero-order valence-electron chi connectivity index (χ0n) is 15.1. The highest BCUT2D eigenvalue weighted by molar-refractivity contribution is 5.84. The maximum absolute atomic E-state index is 13.4. The topological polar surface area (TPSA) is 65.5 Å². The fourth-order valence-corrected chi connectivity index (χ4v) is 2.13. The third-order valence-corrected chi connectivity index (χ3v) is 3.60. The summed E-state index contributed by atoms with van der Waals surface area (Å²) in [4.78, 5) is 15.9. The summed E-state index contributed by atoms with van der Waals surface area (Å²) in [5, 5.41) is 9.13. The van der Waals surface area contributed by atoms with Gasteiger partial charge in [-0.15, -0.1) is 0 Å². The molecule has 5 nitrogen and oxygen atoms in total. The lowest BCUT2D eigenvalue weighted by Crippen LogP contribution is -2.44. The maximum Gasteiger partial charge on any atom is 0.241 e. The molecule has 0 saturated carbocycles. The summed E-state index contributed by atoms with van der Waals surface area (Å²) in [6, 6.07) is 6.61. The zero-order valence-corrected chi connectivity index (χ0v) is 15.1. The molecule has 1 amide bonds. The number of guanidine groups is 1. The monoisotopic (exact) mass is 336 g/mol. The molecule has 0 atom stereocenters. The first kappa shape index (κ1) is 19.9. The number of amides is 1. The molecule has 0 aromatic heterocycles. The number of nitrogens with one attached hydrogen (secondary N) is 3. The molecule has 0 fully saturated rings. The Morgan fingerprint density at radius 3 is 2.58 bits per heavy atom. The van der Waals surface area contributed by atoms with Gasteiger partial charge in [0.2, 0.25) is 5.91 Å². The molecule has 0 heterocycles. The number of hydrogen-bond donors (Lipinski definition) is 3. The largest absolute Gasteiger partial charge is 0.357 e. The molecule has 6 heteroatoms. The Morgan fingerprint density at radius 1 is 1.21 bits per heavy atom. The van der Waals surface area contributed by atoms with Crippen LogP contribution in [0.5, 0.6) is 0 Å². The number of rotatable bonds is 8. The molecule has 0 bridgehead atoms. The van der Waals surface area contributed by atoms with Crippen molar-refractivity contribution in [1.82, 2.24) is 16.0 Å². The molecule has 0 saturated heterocycles. The van der Waals surface area contributed by atoms with E-state index in [2.05, 4.69) is 20.9 Å². The molecule has 0 unspecified atom stereocenters. The molecular formula is C18H29FN4O. The summed E-state index contributed by atoms with van der Waals surface area (Å²) in [6.45, 7) is 10.0. The third-order valence-electron chi connectivity index (χ3n) is 3.60. The van der Waals surface area contributed by atoms with Gasteiger partial charge in [0.1, 0.15) is 12.4 Å². The zero-order chi connectivity index (χ0) is 18.0. The molecule has 1 aromatic carbocycles. The first-order valence-electron chi connectivity index (χ1n) is 8.44. The van der Waals surface area contributed by atoms with Gasteiger partial charge >= 0.3 is 0 Å². The highest BCUT2D eigenvalue weighted by Crippen LogP contribution is 2.22. The van der Waals surface area contributed by atoms with E-state index >= 15 is 0 Å². The normalized spacial score (nSPS) is 12.0. The van der Waals surface area contributed by atoms with Gasteiger partial charge in [-0.1, -0.05) is 32.9 Å². The first-order valence-corrected chi connectivity index (χ1v) is 8.44. The first-order chi connectivity index (χ1) is 11.4. The Kier molecular flexibility index (Phi) is 8.22. The second kappa shape index (κ2) is 9.90. The fraction of sp³-hybridized carbons (Fsp3) is 0.556. The van der Waals surface area contributed by atoms with Gasteiger partial charge < -0.3 is 16.0 Å². The number of benzene rings is 1. The number of carbonyl (C=O) groups excluding carboxylic acids is 1. The number of hydrogen-bond acceptors (Lipinski definition) is 2. The van der Waals surface area contributed by atoms with Crippen LogP contribution < -0.4 is 16.0 Å². The van der Waals surface area contributed by atoms with E-state index in [1.165, 1.54) is 6.07 Å². The maximum atomic E-state index is 13.4. The van der Waals surface area contributed by atoms with Gasteiger partial charge in [-0.3, -0.25) is 4.79 Å². The number of aliphatic imine (C=N–C) groups is 1. The Morgan fingerprint density at radius 2 is 1.96 bits per heavy atom. The summed E-state index contributed by atoms with van der Waals surface area (Å²) < 4.78 is 13.4. The van der Waals surface area contributed by atoms with Crippen LogP contribution in [0.2, 0.25) is 0 Å². The summed E-state index contributed by atoms with van der Waals surface area (Å²) in [7, 11) is 0. The summed E-state index contributed by atoms with van der Waals surface area (Å²) >= 11 is 0. The standard InChI is InChI=1S/C18H29FN4O/c1-5-10-21-16(24)12-22-17(20-6-2)23-13-18(3,4)14-8-7-9-15(19)11-14/h7-9,11H,5-6,10,12-13H2,1-4H3,(H,21,24)(H2,20,22,23). The van der Waals surface area contributed by atoms with Crippen molar-refractivity contribution >= 4 is 11.9 Å². The molecule has 0 aliphatic carbocycles. The molecule has 134 valence electrons. The minimum atomic E-state index is -0.275. The van der Waals surface area contributed by atoms with E-state index < -0.39 is 0 Å². The Hall–Kier alpha value is -2.11. The van der Waals surface area contributed by atoms with E-state index in [-0.39, 0.29) is 23.7 Å². The Balaban J connectivity index is 2.66. The van der Waals surface area contributed by atoms with Gasteiger partial charge in [-0.05, 0) is 31.0 Å². The lowest BCUT2D eigenvalue weighted by Gasteiger charge is -2.26. The molecule has 1 aromatic rings. The number of carbonyl (C=O) groups is 1. The molecule has 3 N–H and O–H groups in total. The quantitative estimate of drug-likeness (QED) is 0.504. The average Bonchev–Trinajstić information content (AvgIpc) is 2.55. The van der Waals surface area contributed by atoms with E-state index in [1.807, 2.05) is 33.8 Å². The van der Waals surface area contributed by atoms with Crippen molar-refractivity contribution in [1.29, 1.82) is 0 Å². The minimum absolute atomic E-state index is 0.0791. The predicted octanol–water partition coefficient (Wildman–Crippen LogP) is 2.18. The fourth-order valence-electron chi connectivity index (χ4n) is 2.13. The molecule has 0 aliphatic rings. The second-order valence-corrected chi connectivity index (χ2v) is 6.29. The highest BCUT2D eigenvalue weighted by atomic mass is 19.1. The van der Waals surface area contributed by atoms with Crippen LogP contribution in [0.25, 0.3) is 0 Å². The molecule has 0 spiro atoms. The van der Waals surface area contributed by atoms with Crippen molar-refractivity contribution in [3.8, 4) is 0 Å². The van der Waals surface area contributed by atoms with Crippen LogP contribution in [0.1, 0.15) is 39.7 Å². The van der Waals surface area contributed by atoms with Crippen molar-refractivity contribution in [3.63, 3.8) is 0 Å². The molecule has 1 rings (SSSR count). The summed E-state index contributed by atoms with van der Waals surface area (Å²) in [5.74, 6) is 0.237. The van der Waals surface area contributed by atoms with Crippen molar-refractivity contribution in [2.24, 2.45) is 4.99 Å². The van der Waals surface area contributed by atoms with Crippen LogP contribution in [0.15, 0.2) is 29.3 Å². The van der Waals surface area contributed by atoms with Crippen LogP contribution in [-0.2, 0) is 10.2 Å². The number of halogens is 1. The molecule has 24 heavy (non-hydrogen) atoms. The Bertz CT molecular complexity index is 558. The average molecular weight is 336 g/mol. The van der Waals surface area contributed by atoms with E-state index in [0.717, 1.165) is 12.0 Å². The minimum Gasteiger partial charge on any atom is -0.357 e. The van der Waals surface area contributed by atoms with Gasteiger partial charge in [0.05, 0.1) is 0 Å². The predicted molar refractivity (Wildman–Crippen MR) is 96.7 cm³/mol. The molecular weight excluding hydrogens is 307 g/mol. The Labute approximate surface area is 144 Å². The van der Waals surface area contributed by atoms with Crippen molar-refractivity contribution in [2.75, 3.05) is 26.2 Å². The van der Waals surface area contributed by atoms with Gasteiger partial charge in [-0.2, -0.15) is 0 Å². The van der Waals surface area contributed by atoms with Crippen LogP contribution in [0.3, 0.4) is 0 Å². The van der Waals surface area contributed by atoms with Gasteiger partial charge in [0.15, 0.2) is 5.96 Å². The third kappa shape index (κ3) is 6.98. The van der Waals surface area contributed by atoms with Gasteiger partial charge in [0.25, 0.3) is 0 Å². The SMILES string of the molecule is CCCNC(=O)CN=C(NCC)NCC(C)(C)c1cccc(F)c1. The van der Waals surface area contributed by atoms with Crippen LogP contribution in [0.4, 0.5) is 4.39 Å². The molecule has 0 aliphatic heterocycles. The van der Waals surface area contributed by atoms with Crippen molar-refractivity contribution in [2.45, 2.75) is 39.5 Å². The van der Waals surface area contributed by atoms with Gasteiger partial charge in [0, 0.05) is 25.0 Å². The smallest absolute Gasteiger partial charge is 0.241 e. The second-order valence-electron chi connectivity index (χ2n) is 6.29. The van der Waals surface area contributed by atoms with E-state index in [4.69, 9.17) is 0 Å². The lowest BCUT2D eigenvalue weighted by molar-refractivity contribution is -0.119. The highest BCUT2D eigenvalue weighted by Gasteiger charge is 2.21. The van der Waals surface area contributed by atoms with E-state index in [1.54, 1.807) is 12.1 Å². The van der Waals surface area contributed by atoms with Gasteiger partial charge in [-0.25, -0.2) is 9.38 Å². The van der Waals surface area contributed by atoms with E-state index in [0.29, 0.717) is 25.6 Å². The van der Waals surface area contributed by atoms with Crippen LogP contribution in [0, 0.1) is 5.82 Å². The number of nitrogens with zero attached hydrogens (tertiary/aromatic N) is 1. The summed E-state index contributed by atoms with van der Waals surface area (Å²) in [5.41, 5.74) is 0.634. The lowest BCUT2D eigenvalue weighted by atomic mass is 9.84. The van der Waals surface area contributed by atoms with Crippen molar-refractivity contribution in [3.05, 3.63) is 35.6 Å². The van der Waals surface area contributed by atoms with E-state index in [9.17, 15) is 9.18 Å². The van der Waals surface area contributed by atoms with Crippen LogP contribution >= 0.6 is 0 Å². The summed E-state index contributed by atoms with van der Waals surface area (Å²) in [6.07, 6.45) is 0.898.